The first kappa shape index (κ1) is 25.0. The molecule has 0 radical (unpaired) electrons. The van der Waals surface area contributed by atoms with E-state index in [1.54, 1.807) is 0 Å². The summed E-state index contributed by atoms with van der Waals surface area (Å²) in [6.07, 6.45) is 9.68. The fourth-order valence-corrected chi connectivity index (χ4v) is 5.82. The molecule has 0 aliphatic carbocycles. The van der Waals surface area contributed by atoms with Crippen LogP contribution in [0.4, 0.5) is 11.4 Å². The minimum absolute atomic E-state index is 0.0421. The molecule has 4 heteroatoms. The molecule has 35 heavy (non-hydrogen) atoms. The lowest BCUT2D eigenvalue weighted by Crippen LogP contribution is -2.28. The van der Waals surface area contributed by atoms with Crippen LogP contribution in [-0.2, 0) is 15.6 Å². The molecule has 4 nitrogen and oxygen atoms in total. The first-order chi connectivity index (χ1) is 16.7. The number of nitrogens with zero attached hydrogens (tertiary/aromatic N) is 2. The SMILES string of the molecule is CC[N+]1=C(/C=C/C=C2/N(CCCCCC(=O)O)c3ccccc3C2(C)C)C(C)(C)c2ccccc21. The summed E-state index contributed by atoms with van der Waals surface area (Å²) in [7, 11) is 0. The summed E-state index contributed by atoms with van der Waals surface area (Å²) in [5, 5.41) is 8.95. The van der Waals surface area contributed by atoms with E-state index in [4.69, 9.17) is 5.11 Å². The largest absolute Gasteiger partial charge is 0.481 e. The third-order valence-corrected chi connectivity index (χ3v) is 7.70. The van der Waals surface area contributed by atoms with E-state index in [-0.39, 0.29) is 17.3 Å². The van der Waals surface area contributed by atoms with Crippen molar-refractivity contribution in [2.24, 2.45) is 0 Å². The third-order valence-electron chi connectivity index (χ3n) is 7.70. The van der Waals surface area contributed by atoms with Crippen LogP contribution in [0.2, 0.25) is 0 Å². The summed E-state index contributed by atoms with van der Waals surface area (Å²) >= 11 is 0. The van der Waals surface area contributed by atoms with Gasteiger partial charge in [-0.2, -0.15) is 4.58 Å². The average Bonchev–Trinajstić information content (AvgIpc) is 3.18. The second-order valence-electron chi connectivity index (χ2n) is 10.7. The number of allylic oxidation sites excluding steroid dienone is 4. The maximum absolute atomic E-state index is 10.9. The normalized spacial score (nSPS) is 19.0. The highest BCUT2D eigenvalue weighted by molar-refractivity contribution is 6.03. The van der Waals surface area contributed by atoms with Crippen LogP contribution in [0.25, 0.3) is 0 Å². The Hall–Kier alpha value is -3.14. The quantitative estimate of drug-likeness (QED) is 0.317. The number of aliphatic carboxylic acids is 1. The van der Waals surface area contributed by atoms with Gasteiger partial charge < -0.3 is 10.0 Å². The molecule has 0 spiro atoms. The van der Waals surface area contributed by atoms with Crippen LogP contribution >= 0.6 is 0 Å². The number of carboxylic acid groups (broad SMARTS) is 1. The van der Waals surface area contributed by atoms with Gasteiger partial charge in [0.05, 0.1) is 5.41 Å². The third kappa shape index (κ3) is 4.59. The van der Waals surface area contributed by atoms with E-state index < -0.39 is 5.97 Å². The van der Waals surface area contributed by atoms with E-state index in [1.165, 1.54) is 33.9 Å². The number of carboxylic acids is 1. The van der Waals surface area contributed by atoms with Crippen molar-refractivity contribution in [1.29, 1.82) is 0 Å². The van der Waals surface area contributed by atoms with Crippen LogP contribution in [-0.4, -0.2) is 34.5 Å². The fourth-order valence-electron chi connectivity index (χ4n) is 5.82. The van der Waals surface area contributed by atoms with Gasteiger partial charge in [0.2, 0.25) is 5.69 Å². The molecule has 2 aliphatic heterocycles. The van der Waals surface area contributed by atoms with Gasteiger partial charge in [-0.3, -0.25) is 4.79 Å². The Morgan fingerprint density at radius 2 is 1.63 bits per heavy atom. The summed E-state index contributed by atoms with van der Waals surface area (Å²) in [6, 6.07) is 17.4. The average molecular weight is 472 g/mol. The van der Waals surface area contributed by atoms with Gasteiger partial charge in [-0.1, -0.05) is 62.7 Å². The van der Waals surface area contributed by atoms with Crippen LogP contribution in [0.3, 0.4) is 0 Å². The van der Waals surface area contributed by atoms with Crippen molar-refractivity contribution in [2.45, 2.75) is 71.1 Å². The van der Waals surface area contributed by atoms with E-state index in [2.05, 4.69) is 111 Å². The zero-order valence-corrected chi connectivity index (χ0v) is 21.8. The summed E-state index contributed by atoms with van der Waals surface area (Å²) in [5.41, 5.74) is 7.80. The van der Waals surface area contributed by atoms with Crippen molar-refractivity contribution in [3.05, 3.63) is 83.6 Å². The van der Waals surface area contributed by atoms with Gasteiger partial charge >= 0.3 is 5.97 Å². The smallest absolute Gasteiger partial charge is 0.303 e. The van der Waals surface area contributed by atoms with Crippen molar-refractivity contribution in [3.8, 4) is 0 Å². The summed E-state index contributed by atoms with van der Waals surface area (Å²) in [4.78, 5) is 13.3. The molecule has 0 aromatic heterocycles. The molecule has 0 fully saturated rings. The summed E-state index contributed by atoms with van der Waals surface area (Å²) < 4.78 is 2.43. The number of hydrogen-bond donors (Lipinski definition) is 1. The van der Waals surface area contributed by atoms with Gasteiger partial charge in [0.15, 0.2) is 5.71 Å². The van der Waals surface area contributed by atoms with Gasteiger partial charge in [0.25, 0.3) is 0 Å². The van der Waals surface area contributed by atoms with E-state index in [1.807, 2.05) is 0 Å². The highest BCUT2D eigenvalue weighted by Gasteiger charge is 2.43. The molecular formula is C31H39N2O2+. The monoisotopic (exact) mass is 471 g/mol. The number of rotatable bonds is 9. The van der Waals surface area contributed by atoms with Crippen molar-refractivity contribution in [1.82, 2.24) is 0 Å². The minimum Gasteiger partial charge on any atom is -0.481 e. The zero-order chi connectivity index (χ0) is 25.2. The molecule has 2 aromatic carbocycles. The lowest BCUT2D eigenvalue weighted by atomic mass is 9.81. The maximum Gasteiger partial charge on any atom is 0.303 e. The lowest BCUT2D eigenvalue weighted by molar-refractivity contribution is -0.433. The van der Waals surface area contributed by atoms with E-state index in [0.29, 0.717) is 0 Å². The number of anilines is 1. The molecule has 0 saturated heterocycles. The molecule has 0 saturated carbocycles. The molecule has 1 N–H and O–H groups in total. The van der Waals surface area contributed by atoms with Gasteiger partial charge in [0, 0.05) is 47.5 Å². The van der Waals surface area contributed by atoms with Gasteiger partial charge in [-0.15, -0.1) is 0 Å². The fraction of sp³-hybridized carbons (Fsp3) is 0.419. The van der Waals surface area contributed by atoms with Crippen LogP contribution in [0, 0.1) is 0 Å². The summed E-state index contributed by atoms with van der Waals surface area (Å²) in [5.74, 6) is -0.709. The molecule has 184 valence electrons. The Balaban J connectivity index is 1.63. The van der Waals surface area contributed by atoms with Crippen molar-refractivity contribution in [3.63, 3.8) is 0 Å². The lowest BCUT2D eigenvalue weighted by Gasteiger charge is -2.27. The van der Waals surface area contributed by atoms with Gasteiger partial charge in [0.1, 0.15) is 6.54 Å². The number of hydrogen-bond acceptors (Lipinski definition) is 2. The molecule has 0 unspecified atom stereocenters. The summed E-state index contributed by atoms with van der Waals surface area (Å²) in [6.45, 7) is 13.3. The van der Waals surface area contributed by atoms with Crippen LogP contribution in [0.1, 0.15) is 71.4 Å². The Kier molecular flexibility index (Phi) is 7.02. The Bertz CT molecular complexity index is 1200. The molecule has 2 aliphatic rings. The molecule has 2 heterocycles. The van der Waals surface area contributed by atoms with E-state index >= 15 is 0 Å². The van der Waals surface area contributed by atoms with Crippen LogP contribution < -0.4 is 4.90 Å². The van der Waals surface area contributed by atoms with Crippen molar-refractivity contribution < 1.29 is 14.5 Å². The van der Waals surface area contributed by atoms with Gasteiger partial charge in [-0.05, 0) is 51.3 Å². The van der Waals surface area contributed by atoms with E-state index in [9.17, 15) is 4.79 Å². The minimum atomic E-state index is -0.709. The maximum atomic E-state index is 10.9. The second-order valence-corrected chi connectivity index (χ2v) is 10.7. The predicted molar refractivity (Wildman–Crippen MR) is 145 cm³/mol. The molecule has 0 bridgehead atoms. The molecular weight excluding hydrogens is 432 g/mol. The predicted octanol–water partition coefficient (Wildman–Crippen LogP) is 6.97. The number of benzene rings is 2. The van der Waals surface area contributed by atoms with Gasteiger partial charge in [-0.25, -0.2) is 0 Å². The van der Waals surface area contributed by atoms with Crippen molar-refractivity contribution >= 4 is 23.1 Å². The first-order valence-electron chi connectivity index (χ1n) is 12.9. The zero-order valence-electron chi connectivity index (χ0n) is 21.8. The molecule has 0 amide bonds. The first-order valence-corrected chi connectivity index (χ1v) is 12.9. The van der Waals surface area contributed by atoms with Crippen LogP contribution in [0.15, 0.2) is 72.5 Å². The Morgan fingerprint density at radius 3 is 2.34 bits per heavy atom. The highest BCUT2D eigenvalue weighted by Crippen LogP contribution is 2.47. The Labute approximate surface area is 210 Å². The molecule has 2 aromatic rings. The number of para-hydroxylation sites is 2. The standard InChI is InChI=1S/C31H38N2O2/c1-6-32-25-17-11-9-15-23(25)30(2,3)27(32)19-14-20-28-31(4,5)24-16-10-12-18-26(24)33(28)22-13-7-8-21-29(34)35/h9-12,14-20H,6-8,13,21-22H2,1-5H3/p+1. The number of fused-ring (bicyclic) bond motifs is 2. The Morgan fingerprint density at radius 1 is 0.943 bits per heavy atom. The topological polar surface area (TPSA) is 43.5 Å². The second kappa shape index (κ2) is 9.85. The van der Waals surface area contributed by atoms with Crippen molar-refractivity contribution in [2.75, 3.05) is 18.0 Å². The number of unbranched alkanes of at least 4 members (excludes halogenated alkanes) is 2. The number of carbonyl (C=O) groups is 1. The highest BCUT2D eigenvalue weighted by atomic mass is 16.4. The van der Waals surface area contributed by atoms with Crippen LogP contribution in [0.5, 0.6) is 0 Å². The molecule has 0 atom stereocenters. The molecule has 4 rings (SSSR count). The van der Waals surface area contributed by atoms with E-state index in [0.717, 1.165) is 32.4 Å².